The van der Waals surface area contributed by atoms with Crippen molar-refractivity contribution in [1.82, 2.24) is 4.98 Å². The van der Waals surface area contributed by atoms with Gasteiger partial charge in [-0.3, -0.25) is 4.79 Å². The third-order valence-electron chi connectivity index (χ3n) is 5.60. The van der Waals surface area contributed by atoms with Crippen molar-refractivity contribution >= 4 is 22.5 Å². The molecule has 4 rings (SSSR count). The second-order valence-corrected chi connectivity index (χ2v) is 8.66. The van der Waals surface area contributed by atoms with E-state index in [1.54, 1.807) is 12.1 Å². The number of aromatic amines is 1. The molecule has 1 fully saturated rings. The number of aromatic hydroxyl groups is 1. The first kappa shape index (κ1) is 18.4. The average Bonchev–Trinajstić information content (AvgIpc) is 3.34. The van der Waals surface area contributed by atoms with E-state index in [9.17, 15) is 9.90 Å². The molecule has 1 heterocycles. The number of rotatable bonds is 4. The Morgan fingerprint density at radius 2 is 1.93 bits per heavy atom. The van der Waals surface area contributed by atoms with Gasteiger partial charge in [-0.2, -0.15) is 0 Å². The molecular formula is C23H30N2O3. The van der Waals surface area contributed by atoms with Crippen LogP contribution in [0.15, 0.2) is 42.5 Å². The lowest BCUT2D eigenvalue weighted by molar-refractivity contribution is -0.118. The molecule has 5 heteroatoms. The van der Waals surface area contributed by atoms with Crippen LogP contribution < -0.4 is 10.1 Å². The molecule has 3 aromatic rings. The van der Waals surface area contributed by atoms with Crippen LogP contribution >= 0.6 is 0 Å². The summed E-state index contributed by atoms with van der Waals surface area (Å²) in [6, 6.07) is 13.3. The fourth-order valence-corrected chi connectivity index (χ4v) is 3.62. The number of carbonyl (C=O) groups excluding carboxylic acids is 1. The van der Waals surface area contributed by atoms with Crippen molar-refractivity contribution in [1.29, 1.82) is 0 Å². The van der Waals surface area contributed by atoms with Gasteiger partial charge in [0.2, 0.25) is 5.91 Å². The van der Waals surface area contributed by atoms with Crippen LogP contribution in [0.1, 0.15) is 47.7 Å². The summed E-state index contributed by atoms with van der Waals surface area (Å²) in [5.41, 5.74) is 3.29. The van der Waals surface area contributed by atoms with Crippen molar-refractivity contribution in [3.8, 4) is 11.5 Å². The molecule has 1 saturated carbocycles. The second kappa shape index (κ2) is 6.30. The summed E-state index contributed by atoms with van der Waals surface area (Å²) in [5.74, 6) is 0.429. The Balaban J connectivity index is 0.00000160. The number of ether oxygens (including phenoxy) is 1. The summed E-state index contributed by atoms with van der Waals surface area (Å²) >= 11 is 0. The molecule has 28 heavy (non-hydrogen) atoms. The molecule has 1 amide bonds. The SMILES string of the molecule is COc1ccc(C2(C(=O)Nc3ccc4[nH]c(C(C)(C)C)cc4c3)CC2)cc1O.[HH].[HH]. The smallest absolute Gasteiger partial charge is 0.235 e. The third kappa shape index (κ3) is 3.11. The highest BCUT2D eigenvalue weighted by molar-refractivity contribution is 6.02. The van der Waals surface area contributed by atoms with Crippen LogP contribution in [0, 0.1) is 0 Å². The summed E-state index contributed by atoms with van der Waals surface area (Å²) in [6.45, 7) is 6.50. The monoisotopic (exact) mass is 382 g/mol. The van der Waals surface area contributed by atoms with Gasteiger partial charge >= 0.3 is 0 Å². The topological polar surface area (TPSA) is 74.3 Å². The normalized spacial score (nSPS) is 15.4. The summed E-state index contributed by atoms with van der Waals surface area (Å²) in [7, 11) is 1.51. The first-order valence-corrected chi connectivity index (χ1v) is 9.55. The van der Waals surface area contributed by atoms with Crippen molar-refractivity contribution in [2.24, 2.45) is 0 Å². The van der Waals surface area contributed by atoms with Gasteiger partial charge in [-0.15, -0.1) is 0 Å². The maximum Gasteiger partial charge on any atom is 0.235 e. The number of methoxy groups -OCH3 is 1. The molecule has 3 N–H and O–H groups in total. The first-order chi connectivity index (χ1) is 13.2. The predicted molar refractivity (Wildman–Crippen MR) is 115 cm³/mol. The number of phenols is 1. The highest BCUT2D eigenvalue weighted by Crippen LogP contribution is 2.50. The van der Waals surface area contributed by atoms with Crippen molar-refractivity contribution in [3.05, 3.63) is 53.7 Å². The van der Waals surface area contributed by atoms with E-state index in [0.717, 1.165) is 35.0 Å². The molecule has 0 unspecified atom stereocenters. The summed E-state index contributed by atoms with van der Waals surface area (Å²) in [4.78, 5) is 16.5. The molecule has 5 nitrogen and oxygen atoms in total. The number of hydrogen-bond acceptors (Lipinski definition) is 3. The molecule has 0 atom stereocenters. The standard InChI is InChI=1S/C23H26N2O3.2H2/c1-22(2,3)20-12-14-11-16(6-7-17(14)25-20)24-21(27)23(9-10-23)15-5-8-19(28-4)18(26)13-15;;/h5-8,11-13,25-26H,9-10H2,1-4H3,(H,24,27);2*1H. The minimum absolute atomic E-state index is 0. The largest absolute Gasteiger partial charge is 0.504 e. The Hall–Kier alpha value is -2.95. The molecule has 1 aliphatic carbocycles. The average molecular weight is 383 g/mol. The van der Waals surface area contributed by atoms with Gasteiger partial charge in [-0.25, -0.2) is 0 Å². The molecule has 2 aromatic carbocycles. The van der Waals surface area contributed by atoms with E-state index < -0.39 is 5.41 Å². The van der Waals surface area contributed by atoms with Gasteiger partial charge in [0.1, 0.15) is 0 Å². The Morgan fingerprint density at radius 3 is 2.54 bits per heavy atom. The summed E-state index contributed by atoms with van der Waals surface area (Å²) in [6.07, 6.45) is 1.54. The summed E-state index contributed by atoms with van der Waals surface area (Å²) in [5, 5.41) is 14.2. The number of aromatic nitrogens is 1. The Bertz CT molecular complexity index is 1070. The predicted octanol–water partition coefficient (Wildman–Crippen LogP) is 5.34. The molecule has 0 saturated heterocycles. The zero-order valence-corrected chi connectivity index (χ0v) is 16.7. The van der Waals surface area contributed by atoms with Crippen LogP contribution in [0.4, 0.5) is 5.69 Å². The number of nitrogens with one attached hydrogen (secondary N) is 2. The van der Waals surface area contributed by atoms with Crippen molar-refractivity contribution in [3.63, 3.8) is 0 Å². The number of phenolic OH excluding ortho intramolecular Hbond substituents is 1. The number of benzene rings is 2. The van der Waals surface area contributed by atoms with E-state index >= 15 is 0 Å². The minimum atomic E-state index is -0.576. The molecule has 150 valence electrons. The second-order valence-electron chi connectivity index (χ2n) is 8.66. The van der Waals surface area contributed by atoms with Gasteiger partial charge < -0.3 is 20.1 Å². The van der Waals surface area contributed by atoms with Crippen LogP contribution in [0.25, 0.3) is 10.9 Å². The van der Waals surface area contributed by atoms with Crippen LogP contribution in [0.3, 0.4) is 0 Å². The van der Waals surface area contributed by atoms with E-state index in [0.29, 0.717) is 5.75 Å². The van der Waals surface area contributed by atoms with Gasteiger partial charge in [0.05, 0.1) is 12.5 Å². The maximum absolute atomic E-state index is 13.0. The molecule has 0 spiro atoms. The van der Waals surface area contributed by atoms with Crippen molar-refractivity contribution in [2.75, 3.05) is 12.4 Å². The Kier molecular flexibility index (Phi) is 4.14. The van der Waals surface area contributed by atoms with E-state index in [1.807, 2.05) is 24.3 Å². The molecule has 0 radical (unpaired) electrons. The van der Waals surface area contributed by atoms with Crippen molar-refractivity contribution < 1.29 is 17.5 Å². The molecule has 0 aliphatic heterocycles. The highest BCUT2D eigenvalue weighted by atomic mass is 16.5. The molecule has 1 aliphatic rings. The van der Waals surface area contributed by atoms with Gasteiger partial charge in [-0.1, -0.05) is 26.8 Å². The van der Waals surface area contributed by atoms with Crippen molar-refractivity contribution in [2.45, 2.75) is 44.4 Å². The van der Waals surface area contributed by atoms with E-state index in [-0.39, 0.29) is 19.9 Å². The van der Waals surface area contributed by atoms with Gasteiger partial charge in [-0.05, 0) is 54.8 Å². The van der Waals surface area contributed by atoms with E-state index in [4.69, 9.17) is 4.74 Å². The molecular weight excluding hydrogens is 352 g/mol. The zero-order valence-electron chi connectivity index (χ0n) is 16.7. The Morgan fingerprint density at radius 1 is 1.18 bits per heavy atom. The minimum Gasteiger partial charge on any atom is -0.504 e. The maximum atomic E-state index is 13.0. The third-order valence-corrected chi connectivity index (χ3v) is 5.60. The fourth-order valence-electron chi connectivity index (χ4n) is 3.62. The van der Waals surface area contributed by atoms with Gasteiger partial charge in [0.25, 0.3) is 0 Å². The quantitative estimate of drug-likeness (QED) is 0.570. The number of amides is 1. The van der Waals surface area contributed by atoms with Gasteiger partial charge in [0, 0.05) is 30.6 Å². The highest BCUT2D eigenvalue weighted by Gasteiger charge is 2.51. The number of anilines is 1. The number of fused-ring (bicyclic) bond motifs is 1. The van der Waals surface area contributed by atoms with Crippen LogP contribution in [0.2, 0.25) is 0 Å². The first-order valence-electron chi connectivity index (χ1n) is 9.55. The molecule has 0 bridgehead atoms. The molecule has 1 aromatic heterocycles. The lowest BCUT2D eigenvalue weighted by Gasteiger charge is -2.17. The fraction of sp³-hybridized carbons (Fsp3) is 0.348. The number of carbonyl (C=O) groups is 1. The lowest BCUT2D eigenvalue weighted by Crippen LogP contribution is -2.27. The number of hydrogen-bond donors (Lipinski definition) is 3. The van der Waals surface area contributed by atoms with Crippen LogP contribution in [-0.4, -0.2) is 23.1 Å². The summed E-state index contributed by atoms with van der Waals surface area (Å²) < 4.78 is 5.10. The van der Waals surface area contributed by atoms with Crippen LogP contribution in [0.5, 0.6) is 11.5 Å². The lowest BCUT2D eigenvalue weighted by atomic mass is 9.92. The van der Waals surface area contributed by atoms with Gasteiger partial charge in [0.15, 0.2) is 11.5 Å². The van der Waals surface area contributed by atoms with E-state index in [2.05, 4.69) is 37.1 Å². The number of H-pyrrole nitrogens is 1. The Labute approximate surface area is 167 Å². The van der Waals surface area contributed by atoms with E-state index in [1.165, 1.54) is 12.8 Å². The zero-order chi connectivity index (χ0) is 20.1. The van der Waals surface area contributed by atoms with Crippen LogP contribution in [-0.2, 0) is 15.6 Å².